The molecule has 0 bridgehead atoms. The summed E-state index contributed by atoms with van der Waals surface area (Å²) in [5, 5.41) is 15.5. The van der Waals surface area contributed by atoms with Crippen molar-refractivity contribution in [1.29, 1.82) is 0 Å². The van der Waals surface area contributed by atoms with Crippen LogP contribution in [0.2, 0.25) is 0 Å². The number of hydrogen-bond donors (Lipinski definition) is 1. The number of halogens is 3. The third kappa shape index (κ3) is 3.12. The molecule has 1 aliphatic rings. The summed E-state index contributed by atoms with van der Waals surface area (Å²) in [4.78, 5) is 12.5. The summed E-state index contributed by atoms with van der Waals surface area (Å²) < 4.78 is 37.0. The summed E-state index contributed by atoms with van der Waals surface area (Å²) in [5.41, 5.74) is -1.03. The first kappa shape index (κ1) is 13.6. The highest BCUT2D eigenvalue weighted by molar-refractivity contribution is 5.70. The Kier molecular flexibility index (Phi) is 3.59. The van der Waals surface area contributed by atoms with Gasteiger partial charge in [0.1, 0.15) is 0 Å². The molecule has 0 aliphatic carbocycles. The van der Waals surface area contributed by atoms with Crippen molar-refractivity contribution >= 4 is 11.8 Å². The van der Waals surface area contributed by atoms with E-state index in [0.717, 1.165) is 6.07 Å². The minimum absolute atomic E-state index is 0.344. The number of carboxylic acids is 1. The maximum absolute atomic E-state index is 12.3. The molecular weight excluding hydrogens is 263 g/mol. The van der Waals surface area contributed by atoms with Crippen molar-refractivity contribution in [3.8, 4) is 0 Å². The van der Waals surface area contributed by atoms with E-state index in [9.17, 15) is 18.0 Å². The van der Waals surface area contributed by atoms with Crippen molar-refractivity contribution in [1.82, 2.24) is 10.2 Å². The fourth-order valence-corrected chi connectivity index (χ4v) is 2.00. The molecule has 1 aliphatic heterocycles. The Morgan fingerprint density at radius 1 is 1.26 bits per heavy atom. The van der Waals surface area contributed by atoms with E-state index in [1.54, 1.807) is 4.90 Å². The monoisotopic (exact) mass is 275 g/mol. The van der Waals surface area contributed by atoms with E-state index in [0.29, 0.717) is 31.7 Å². The standard InChI is InChI=1S/C11H12F3N3O2/c12-11(13,14)8-1-2-9(16-15-8)17-5-3-7(4-6-17)10(18)19/h1-2,7H,3-6H2,(H,18,19). The average Bonchev–Trinajstić information content (AvgIpc) is 2.38. The second kappa shape index (κ2) is 5.02. The Balaban J connectivity index is 2.02. The summed E-state index contributed by atoms with van der Waals surface area (Å²) in [5.74, 6) is -0.881. The van der Waals surface area contributed by atoms with Gasteiger partial charge < -0.3 is 10.0 Å². The molecule has 1 N–H and O–H groups in total. The fourth-order valence-electron chi connectivity index (χ4n) is 2.00. The van der Waals surface area contributed by atoms with Crippen LogP contribution < -0.4 is 4.90 Å². The largest absolute Gasteiger partial charge is 0.481 e. The smallest absolute Gasteiger partial charge is 0.435 e. The van der Waals surface area contributed by atoms with Gasteiger partial charge >= 0.3 is 12.1 Å². The quantitative estimate of drug-likeness (QED) is 0.891. The Morgan fingerprint density at radius 2 is 1.89 bits per heavy atom. The van der Waals surface area contributed by atoms with Gasteiger partial charge in [-0.25, -0.2) is 0 Å². The van der Waals surface area contributed by atoms with E-state index in [2.05, 4.69) is 10.2 Å². The minimum Gasteiger partial charge on any atom is -0.481 e. The summed E-state index contributed by atoms with van der Waals surface area (Å²) in [6.07, 6.45) is -3.59. The molecule has 0 atom stereocenters. The van der Waals surface area contributed by atoms with Crippen LogP contribution in [0.5, 0.6) is 0 Å². The lowest BCUT2D eigenvalue weighted by atomic mass is 9.97. The van der Waals surface area contributed by atoms with Crippen molar-refractivity contribution < 1.29 is 23.1 Å². The lowest BCUT2D eigenvalue weighted by Gasteiger charge is -2.30. The van der Waals surface area contributed by atoms with Gasteiger partial charge in [-0.2, -0.15) is 13.2 Å². The van der Waals surface area contributed by atoms with Crippen LogP contribution in [-0.2, 0) is 11.0 Å². The van der Waals surface area contributed by atoms with Gasteiger partial charge in [0.2, 0.25) is 0 Å². The van der Waals surface area contributed by atoms with Crippen LogP contribution in [-0.4, -0.2) is 34.4 Å². The van der Waals surface area contributed by atoms with Crippen molar-refractivity contribution in [2.24, 2.45) is 5.92 Å². The molecule has 1 saturated heterocycles. The molecule has 0 aromatic carbocycles. The number of hydrogen-bond acceptors (Lipinski definition) is 4. The number of alkyl halides is 3. The van der Waals surface area contributed by atoms with E-state index < -0.39 is 23.8 Å². The number of aliphatic carboxylic acids is 1. The summed E-state index contributed by atoms with van der Waals surface area (Å²) in [7, 11) is 0. The predicted molar refractivity (Wildman–Crippen MR) is 59.6 cm³/mol. The highest BCUT2D eigenvalue weighted by atomic mass is 19.4. The molecule has 1 fully saturated rings. The molecule has 104 valence electrons. The molecule has 0 radical (unpaired) electrons. The number of aromatic nitrogens is 2. The first-order valence-electron chi connectivity index (χ1n) is 5.76. The van der Waals surface area contributed by atoms with Gasteiger partial charge in [-0.15, -0.1) is 10.2 Å². The number of piperidine rings is 1. The van der Waals surface area contributed by atoms with E-state index in [-0.39, 0.29) is 0 Å². The van der Waals surface area contributed by atoms with Gasteiger partial charge in [-0.3, -0.25) is 4.79 Å². The lowest BCUT2D eigenvalue weighted by Crippen LogP contribution is -2.37. The molecule has 5 nitrogen and oxygen atoms in total. The number of anilines is 1. The predicted octanol–water partition coefficient (Wildman–Crippen LogP) is 1.80. The van der Waals surface area contributed by atoms with Crippen LogP contribution in [0.1, 0.15) is 18.5 Å². The Morgan fingerprint density at radius 3 is 2.32 bits per heavy atom. The van der Waals surface area contributed by atoms with Crippen LogP contribution in [0.25, 0.3) is 0 Å². The van der Waals surface area contributed by atoms with Gasteiger partial charge in [0.05, 0.1) is 5.92 Å². The third-order valence-electron chi connectivity index (χ3n) is 3.11. The molecule has 1 aromatic rings. The first-order valence-corrected chi connectivity index (χ1v) is 5.76. The zero-order valence-corrected chi connectivity index (χ0v) is 9.89. The van der Waals surface area contributed by atoms with E-state index in [4.69, 9.17) is 5.11 Å². The van der Waals surface area contributed by atoms with Crippen LogP contribution in [0.15, 0.2) is 12.1 Å². The molecule has 8 heteroatoms. The number of rotatable bonds is 2. The van der Waals surface area contributed by atoms with Gasteiger partial charge in [-0.1, -0.05) is 0 Å². The van der Waals surface area contributed by atoms with Crippen LogP contribution >= 0.6 is 0 Å². The number of carbonyl (C=O) groups is 1. The number of carboxylic acid groups (broad SMARTS) is 1. The summed E-state index contributed by atoms with van der Waals surface area (Å²) in [6, 6.07) is 2.14. The van der Waals surface area contributed by atoms with Crippen molar-refractivity contribution in [3.63, 3.8) is 0 Å². The second-order valence-electron chi connectivity index (χ2n) is 4.37. The van der Waals surface area contributed by atoms with Crippen molar-refractivity contribution in [2.45, 2.75) is 19.0 Å². The molecule has 2 heterocycles. The van der Waals surface area contributed by atoms with Gasteiger partial charge in [-0.05, 0) is 25.0 Å². The minimum atomic E-state index is -4.50. The van der Waals surface area contributed by atoms with Crippen molar-refractivity contribution in [2.75, 3.05) is 18.0 Å². The topological polar surface area (TPSA) is 66.3 Å². The highest BCUT2D eigenvalue weighted by Crippen LogP contribution is 2.28. The molecule has 2 rings (SSSR count). The third-order valence-corrected chi connectivity index (χ3v) is 3.11. The lowest BCUT2D eigenvalue weighted by molar-refractivity contribution is -0.143. The maximum atomic E-state index is 12.3. The van der Waals surface area contributed by atoms with Gasteiger partial charge in [0, 0.05) is 13.1 Å². The zero-order chi connectivity index (χ0) is 14.0. The molecule has 19 heavy (non-hydrogen) atoms. The molecule has 0 amide bonds. The first-order chi connectivity index (χ1) is 8.88. The molecular formula is C11H12F3N3O2. The van der Waals surface area contributed by atoms with E-state index in [1.807, 2.05) is 0 Å². The molecule has 0 saturated carbocycles. The zero-order valence-electron chi connectivity index (χ0n) is 9.89. The van der Waals surface area contributed by atoms with Crippen LogP contribution in [0.4, 0.5) is 19.0 Å². The van der Waals surface area contributed by atoms with Gasteiger partial charge in [0.25, 0.3) is 0 Å². The Bertz CT molecular complexity index is 453. The van der Waals surface area contributed by atoms with Crippen LogP contribution in [0, 0.1) is 5.92 Å². The van der Waals surface area contributed by atoms with E-state index >= 15 is 0 Å². The van der Waals surface area contributed by atoms with Crippen molar-refractivity contribution in [3.05, 3.63) is 17.8 Å². The van der Waals surface area contributed by atoms with E-state index in [1.165, 1.54) is 6.07 Å². The van der Waals surface area contributed by atoms with Gasteiger partial charge in [0.15, 0.2) is 11.5 Å². The highest BCUT2D eigenvalue weighted by Gasteiger charge is 2.33. The fraction of sp³-hybridized carbons (Fsp3) is 0.545. The molecule has 0 spiro atoms. The Hall–Kier alpha value is -1.86. The molecule has 0 unspecified atom stereocenters. The maximum Gasteiger partial charge on any atom is 0.435 e. The number of nitrogens with zero attached hydrogens (tertiary/aromatic N) is 3. The average molecular weight is 275 g/mol. The summed E-state index contributed by atoms with van der Waals surface area (Å²) in [6.45, 7) is 0.911. The second-order valence-corrected chi connectivity index (χ2v) is 4.37. The Labute approximate surface area is 107 Å². The normalized spacial score (nSPS) is 17.5. The molecule has 1 aromatic heterocycles. The van der Waals surface area contributed by atoms with Crippen LogP contribution in [0.3, 0.4) is 0 Å². The summed E-state index contributed by atoms with van der Waals surface area (Å²) >= 11 is 0. The SMILES string of the molecule is O=C(O)C1CCN(c2ccc(C(F)(F)F)nn2)CC1.